The molecule has 0 aliphatic carbocycles. The molecule has 0 unspecified atom stereocenters. The molecule has 100 valence electrons. The van der Waals surface area contributed by atoms with Crippen LogP contribution in [0.2, 0.25) is 5.02 Å². The number of nitrogens with one attached hydrogen (secondary N) is 1. The van der Waals surface area contributed by atoms with E-state index in [4.69, 9.17) is 11.6 Å². The number of aromatic nitrogens is 1. The molecule has 0 bridgehead atoms. The zero-order chi connectivity index (χ0) is 14.1. The number of hydrogen-bond acceptors (Lipinski definition) is 4. The van der Waals surface area contributed by atoms with Crippen LogP contribution < -0.4 is 5.32 Å². The first-order valence-electron chi connectivity index (χ1n) is 5.78. The molecule has 3 rings (SSSR count). The molecule has 0 saturated heterocycles. The number of fused-ring (bicyclic) bond motifs is 1. The zero-order valence-corrected chi connectivity index (χ0v) is 11.7. The molecule has 0 spiro atoms. The number of carbonyl (C=O) groups is 1. The summed E-state index contributed by atoms with van der Waals surface area (Å²) in [7, 11) is 0. The van der Waals surface area contributed by atoms with Gasteiger partial charge >= 0.3 is 0 Å². The highest BCUT2D eigenvalue weighted by Gasteiger charge is 2.18. The Morgan fingerprint density at radius 3 is 2.75 bits per heavy atom. The van der Waals surface area contributed by atoms with Crippen LogP contribution in [0.25, 0.3) is 10.1 Å². The van der Waals surface area contributed by atoms with Crippen LogP contribution in [0.4, 0.5) is 5.82 Å². The summed E-state index contributed by atoms with van der Waals surface area (Å²) in [5, 5.41) is 13.9. The number of anilines is 1. The van der Waals surface area contributed by atoms with Crippen LogP contribution in [-0.4, -0.2) is 16.0 Å². The van der Waals surface area contributed by atoms with Crippen molar-refractivity contribution < 1.29 is 9.90 Å². The molecule has 0 aliphatic heterocycles. The lowest BCUT2D eigenvalue weighted by Gasteiger charge is -2.02. The SMILES string of the molecule is O=C(Nc1ccc(Cl)cn1)c1sc2ccccc2c1O. The van der Waals surface area contributed by atoms with Gasteiger partial charge in [-0.15, -0.1) is 11.3 Å². The van der Waals surface area contributed by atoms with E-state index in [0.29, 0.717) is 16.2 Å². The Morgan fingerprint density at radius 1 is 1.25 bits per heavy atom. The van der Waals surface area contributed by atoms with E-state index < -0.39 is 5.91 Å². The van der Waals surface area contributed by atoms with Gasteiger partial charge in [0.15, 0.2) is 0 Å². The second kappa shape index (κ2) is 5.11. The van der Waals surface area contributed by atoms with Gasteiger partial charge in [-0.05, 0) is 24.3 Å². The summed E-state index contributed by atoms with van der Waals surface area (Å²) in [6.07, 6.45) is 1.45. The third-order valence-electron chi connectivity index (χ3n) is 2.74. The van der Waals surface area contributed by atoms with E-state index in [2.05, 4.69) is 10.3 Å². The summed E-state index contributed by atoms with van der Waals surface area (Å²) in [6, 6.07) is 10.5. The molecule has 0 radical (unpaired) electrons. The van der Waals surface area contributed by atoms with E-state index in [0.717, 1.165) is 4.70 Å². The first kappa shape index (κ1) is 12.9. The van der Waals surface area contributed by atoms with Crippen molar-refractivity contribution in [3.05, 3.63) is 52.5 Å². The monoisotopic (exact) mass is 304 g/mol. The molecule has 20 heavy (non-hydrogen) atoms. The summed E-state index contributed by atoms with van der Waals surface area (Å²) in [4.78, 5) is 16.4. The van der Waals surface area contributed by atoms with Gasteiger partial charge in [0.1, 0.15) is 16.4 Å². The van der Waals surface area contributed by atoms with E-state index in [9.17, 15) is 9.90 Å². The normalized spacial score (nSPS) is 10.7. The summed E-state index contributed by atoms with van der Waals surface area (Å²) in [6.45, 7) is 0. The van der Waals surface area contributed by atoms with Crippen LogP contribution in [0.15, 0.2) is 42.6 Å². The molecular weight excluding hydrogens is 296 g/mol. The van der Waals surface area contributed by atoms with Crippen molar-refractivity contribution >= 4 is 44.7 Å². The van der Waals surface area contributed by atoms with Crippen LogP contribution in [-0.2, 0) is 0 Å². The minimum atomic E-state index is -0.390. The lowest BCUT2D eigenvalue weighted by molar-refractivity contribution is 0.102. The molecule has 2 aromatic heterocycles. The fourth-order valence-electron chi connectivity index (χ4n) is 1.81. The number of benzene rings is 1. The van der Waals surface area contributed by atoms with Crippen molar-refractivity contribution in [2.24, 2.45) is 0 Å². The lowest BCUT2D eigenvalue weighted by Crippen LogP contribution is -2.11. The van der Waals surface area contributed by atoms with Crippen LogP contribution in [0.1, 0.15) is 9.67 Å². The number of thiophene rings is 1. The van der Waals surface area contributed by atoms with E-state index in [1.807, 2.05) is 18.2 Å². The molecule has 2 heterocycles. The van der Waals surface area contributed by atoms with E-state index in [1.165, 1.54) is 17.5 Å². The van der Waals surface area contributed by atoms with Crippen LogP contribution in [0.5, 0.6) is 5.75 Å². The molecule has 2 N–H and O–H groups in total. The summed E-state index contributed by atoms with van der Waals surface area (Å²) < 4.78 is 0.860. The van der Waals surface area contributed by atoms with Gasteiger partial charge in [-0.1, -0.05) is 23.7 Å². The molecule has 0 saturated carbocycles. The Balaban J connectivity index is 1.92. The third-order valence-corrected chi connectivity index (χ3v) is 4.13. The van der Waals surface area contributed by atoms with Gasteiger partial charge in [0, 0.05) is 16.3 Å². The molecule has 3 aromatic rings. The topological polar surface area (TPSA) is 62.2 Å². The van der Waals surface area contributed by atoms with Gasteiger partial charge in [0.2, 0.25) is 0 Å². The zero-order valence-electron chi connectivity index (χ0n) is 10.1. The smallest absolute Gasteiger partial charge is 0.270 e. The van der Waals surface area contributed by atoms with Crippen molar-refractivity contribution in [3.63, 3.8) is 0 Å². The van der Waals surface area contributed by atoms with E-state index >= 15 is 0 Å². The van der Waals surface area contributed by atoms with Gasteiger partial charge in [0.25, 0.3) is 5.91 Å². The lowest BCUT2D eigenvalue weighted by atomic mass is 10.2. The predicted octanol–water partition coefficient (Wildman–Crippen LogP) is 3.91. The Hall–Kier alpha value is -2.11. The maximum Gasteiger partial charge on any atom is 0.270 e. The molecule has 0 atom stereocenters. The summed E-state index contributed by atoms with van der Waals surface area (Å²) in [5.74, 6) is -0.00755. The number of amides is 1. The van der Waals surface area contributed by atoms with Crippen LogP contribution in [0, 0.1) is 0 Å². The van der Waals surface area contributed by atoms with E-state index in [-0.39, 0.29) is 10.6 Å². The molecule has 6 heteroatoms. The number of halogens is 1. The van der Waals surface area contributed by atoms with Crippen LogP contribution in [0.3, 0.4) is 0 Å². The highest BCUT2D eigenvalue weighted by atomic mass is 35.5. The number of rotatable bonds is 2. The molecule has 0 aliphatic rings. The average Bonchev–Trinajstić information content (AvgIpc) is 2.79. The van der Waals surface area contributed by atoms with Crippen molar-refractivity contribution in [3.8, 4) is 5.75 Å². The van der Waals surface area contributed by atoms with E-state index in [1.54, 1.807) is 18.2 Å². The first-order chi connectivity index (χ1) is 9.65. The highest BCUT2D eigenvalue weighted by Crippen LogP contribution is 2.36. The average molecular weight is 305 g/mol. The third kappa shape index (κ3) is 2.33. The molecular formula is C14H9ClN2O2S. The van der Waals surface area contributed by atoms with Gasteiger partial charge in [-0.2, -0.15) is 0 Å². The van der Waals surface area contributed by atoms with Crippen molar-refractivity contribution in [1.29, 1.82) is 0 Å². The molecule has 0 fully saturated rings. The van der Waals surface area contributed by atoms with Gasteiger partial charge in [-0.3, -0.25) is 4.79 Å². The Bertz CT molecular complexity index is 783. The van der Waals surface area contributed by atoms with Crippen molar-refractivity contribution in [1.82, 2.24) is 4.98 Å². The highest BCUT2D eigenvalue weighted by molar-refractivity contribution is 7.21. The summed E-state index contributed by atoms with van der Waals surface area (Å²) >= 11 is 6.97. The Labute approximate surface area is 123 Å². The minimum Gasteiger partial charge on any atom is -0.506 e. The Kier molecular flexibility index (Phi) is 3.30. The maximum atomic E-state index is 12.2. The van der Waals surface area contributed by atoms with Gasteiger partial charge < -0.3 is 10.4 Å². The maximum absolute atomic E-state index is 12.2. The quantitative estimate of drug-likeness (QED) is 0.754. The number of hydrogen-bond donors (Lipinski definition) is 2. The first-order valence-corrected chi connectivity index (χ1v) is 6.98. The van der Waals surface area contributed by atoms with Gasteiger partial charge in [0.05, 0.1) is 5.02 Å². The van der Waals surface area contributed by atoms with Gasteiger partial charge in [-0.25, -0.2) is 4.98 Å². The molecule has 1 aromatic carbocycles. The predicted molar refractivity (Wildman–Crippen MR) is 80.7 cm³/mol. The number of nitrogens with zero attached hydrogens (tertiary/aromatic N) is 1. The number of pyridine rings is 1. The number of carbonyl (C=O) groups excluding carboxylic acids is 1. The second-order valence-corrected chi connectivity index (χ2v) is 5.58. The molecule has 1 amide bonds. The van der Waals surface area contributed by atoms with Crippen molar-refractivity contribution in [2.75, 3.05) is 5.32 Å². The molecule has 4 nitrogen and oxygen atoms in total. The second-order valence-electron chi connectivity index (χ2n) is 4.09. The fraction of sp³-hybridized carbons (Fsp3) is 0. The van der Waals surface area contributed by atoms with Crippen LogP contribution >= 0.6 is 22.9 Å². The number of aromatic hydroxyl groups is 1. The Morgan fingerprint density at radius 2 is 2.05 bits per heavy atom. The summed E-state index contributed by atoms with van der Waals surface area (Å²) in [5.41, 5.74) is 0. The van der Waals surface area contributed by atoms with Crippen molar-refractivity contribution in [2.45, 2.75) is 0 Å². The largest absolute Gasteiger partial charge is 0.506 e. The standard InChI is InChI=1S/C14H9ClN2O2S/c15-8-5-6-11(16-7-8)17-14(19)13-12(18)9-3-1-2-4-10(9)20-13/h1-7,18H,(H,16,17,19). The fourth-order valence-corrected chi connectivity index (χ4v) is 2.91. The minimum absolute atomic E-state index is 0.00272.